The Bertz CT molecular complexity index is 622. The van der Waals surface area contributed by atoms with Crippen LogP contribution in [-0.4, -0.2) is 26.0 Å². The molecule has 106 valence electrons. The van der Waals surface area contributed by atoms with Crippen molar-refractivity contribution in [3.05, 3.63) is 47.3 Å². The maximum absolute atomic E-state index is 11.0. The van der Waals surface area contributed by atoms with Gasteiger partial charge in [-0.2, -0.15) is 5.10 Å². The minimum Gasteiger partial charge on any atom is -0.476 e. The molecule has 0 amide bonds. The summed E-state index contributed by atoms with van der Waals surface area (Å²) in [6.07, 6.45) is 1.54. The Morgan fingerprint density at radius 2 is 1.85 bits per heavy atom. The van der Waals surface area contributed by atoms with Gasteiger partial charge in [-0.3, -0.25) is 0 Å². The third-order valence-corrected chi connectivity index (χ3v) is 3.16. The first-order valence-corrected chi connectivity index (χ1v) is 6.36. The van der Waals surface area contributed by atoms with Gasteiger partial charge in [-0.05, 0) is 23.1 Å². The van der Waals surface area contributed by atoms with Crippen LogP contribution < -0.4 is 0 Å². The fourth-order valence-electron chi connectivity index (χ4n) is 1.95. The molecule has 5 nitrogen and oxygen atoms in total. The number of carbonyl (C=O) groups is 1. The molecular formula is C15H18N2O3. The van der Waals surface area contributed by atoms with Crippen molar-refractivity contribution in [2.24, 2.45) is 0 Å². The quantitative estimate of drug-likeness (QED) is 0.901. The molecule has 0 aliphatic carbocycles. The molecule has 1 aromatic heterocycles. The molecule has 1 aromatic carbocycles. The molecular weight excluding hydrogens is 256 g/mol. The Morgan fingerprint density at radius 3 is 2.25 bits per heavy atom. The topological polar surface area (TPSA) is 75.4 Å². The monoisotopic (exact) mass is 274 g/mol. The van der Waals surface area contributed by atoms with Gasteiger partial charge < -0.3 is 10.2 Å². The zero-order chi connectivity index (χ0) is 14.9. The van der Waals surface area contributed by atoms with Gasteiger partial charge in [0.15, 0.2) is 5.69 Å². The minimum absolute atomic E-state index is 0.0606. The van der Waals surface area contributed by atoms with Gasteiger partial charge in [0.1, 0.15) is 0 Å². The van der Waals surface area contributed by atoms with Crippen LogP contribution in [0.1, 0.15) is 42.4 Å². The van der Waals surface area contributed by atoms with E-state index in [0.29, 0.717) is 5.56 Å². The van der Waals surface area contributed by atoms with Crippen molar-refractivity contribution in [1.29, 1.82) is 0 Å². The number of aromatic nitrogens is 2. The molecule has 0 atom stereocenters. The fraction of sp³-hybridized carbons (Fsp3) is 0.333. The standard InChI is InChI=1S/C15H18N2O3/c1-15(2,3)11-4-6-12(7-5-11)17-8-10(9-18)13(16-17)14(19)20/h4-8,18H,9H2,1-3H3,(H,19,20). The molecule has 20 heavy (non-hydrogen) atoms. The second-order valence-electron chi connectivity index (χ2n) is 5.71. The maximum Gasteiger partial charge on any atom is 0.356 e. The van der Waals surface area contributed by atoms with Gasteiger partial charge in [0.2, 0.25) is 0 Å². The third-order valence-electron chi connectivity index (χ3n) is 3.16. The van der Waals surface area contributed by atoms with Crippen LogP contribution in [-0.2, 0) is 12.0 Å². The number of hydrogen-bond acceptors (Lipinski definition) is 3. The van der Waals surface area contributed by atoms with Gasteiger partial charge >= 0.3 is 5.97 Å². The number of nitrogens with zero attached hydrogens (tertiary/aromatic N) is 2. The molecule has 0 radical (unpaired) electrons. The molecule has 2 aromatic rings. The predicted octanol–water partition coefficient (Wildman–Crippen LogP) is 2.36. The number of benzene rings is 1. The van der Waals surface area contributed by atoms with Crippen LogP contribution in [0.3, 0.4) is 0 Å². The van der Waals surface area contributed by atoms with Crippen LogP contribution in [0.2, 0.25) is 0 Å². The molecule has 0 aliphatic heterocycles. The number of aromatic carboxylic acids is 1. The third kappa shape index (κ3) is 2.72. The van der Waals surface area contributed by atoms with E-state index in [4.69, 9.17) is 10.2 Å². The highest BCUT2D eigenvalue weighted by Crippen LogP contribution is 2.23. The largest absolute Gasteiger partial charge is 0.476 e. The smallest absolute Gasteiger partial charge is 0.356 e. The lowest BCUT2D eigenvalue weighted by molar-refractivity contribution is 0.0686. The summed E-state index contributed by atoms with van der Waals surface area (Å²) in [6.45, 7) is 6.04. The van der Waals surface area contributed by atoms with Gasteiger partial charge in [0.05, 0.1) is 12.3 Å². The van der Waals surface area contributed by atoms with Gasteiger partial charge in [-0.25, -0.2) is 9.48 Å². The van der Waals surface area contributed by atoms with Crippen LogP contribution in [0.4, 0.5) is 0 Å². The van der Waals surface area contributed by atoms with Crippen LogP contribution >= 0.6 is 0 Å². The lowest BCUT2D eigenvalue weighted by atomic mass is 9.87. The SMILES string of the molecule is CC(C)(C)c1ccc(-n2cc(CO)c(C(=O)O)n2)cc1. The molecule has 0 saturated carbocycles. The molecule has 0 spiro atoms. The summed E-state index contributed by atoms with van der Waals surface area (Å²) in [5.41, 5.74) is 2.20. The van der Waals surface area contributed by atoms with Crippen molar-refractivity contribution in [2.75, 3.05) is 0 Å². The second-order valence-corrected chi connectivity index (χ2v) is 5.71. The molecule has 1 heterocycles. The van der Waals surface area contributed by atoms with Crippen LogP contribution in [0, 0.1) is 0 Å². The van der Waals surface area contributed by atoms with Crippen molar-refractivity contribution in [3.8, 4) is 5.69 Å². The van der Waals surface area contributed by atoms with E-state index >= 15 is 0 Å². The molecule has 0 unspecified atom stereocenters. The van der Waals surface area contributed by atoms with E-state index in [0.717, 1.165) is 5.69 Å². The molecule has 0 aliphatic rings. The summed E-state index contributed by atoms with van der Waals surface area (Å²) < 4.78 is 1.47. The summed E-state index contributed by atoms with van der Waals surface area (Å²) in [5, 5.41) is 22.2. The summed E-state index contributed by atoms with van der Waals surface area (Å²) in [4.78, 5) is 11.0. The van der Waals surface area contributed by atoms with Crippen molar-refractivity contribution < 1.29 is 15.0 Å². The molecule has 0 saturated heterocycles. The van der Waals surface area contributed by atoms with E-state index in [-0.39, 0.29) is 17.7 Å². The molecule has 2 rings (SSSR count). The summed E-state index contributed by atoms with van der Waals surface area (Å²) in [6, 6.07) is 7.77. The van der Waals surface area contributed by atoms with E-state index in [1.807, 2.05) is 24.3 Å². The first kappa shape index (κ1) is 14.3. The molecule has 0 fully saturated rings. The minimum atomic E-state index is -1.14. The maximum atomic E-state index is 11.0. The Kier molecular flexibility index (Phi) is 3.63. The number of carboxylic acid groups (broad SMARTS) is 1. The van der Waals surface area contributed by atoms with Crippen LogP contribution in [0.5, 0.6) is 0 Å². The highest BCUT2D eigenvalue weighted by molar-refractivity contribution is 5.87. The zero-order valence-electron chi connectivity index (χ0n) is 11.8. The summed E-state index contributed by atoms with van der Waals surface area (Å²) in [7, 11) is 0. The van der Waals surface area contributed by atoms with Crippen molar-refractivity contribution >= 4 is 5.97 Å². The number of rotatable bonds is 3. The van der Waals surface area contributed by atoms with Crippen LogP contribution in [0.25, 0.3) is 5.69 Å². The summed E-state index contributed by atoms with van der Waals surface area (Å²) in [5.74, 6) is -1.14. The van der Waals surface area contributed by atoms with E-state index in [9.17, 15) is 4.79 Å². The fourth-order valence-corrected chi connectivity index (χ4v) is 1.95. The first-order chi connectivity index (χ1) is 9.32. The van der Waals surface area contributed by atoms with Gasteiger partial charge in [-0.1, -0.05) is 32.9 Å². The van der Waals surface area contributed by atoms with E-state index < -0.39 is 5.97 Å². The lowest BCUT2D eigenvalue weighted by Gasteiger charge is -2.19. The summed E-state index contributed by atoms with van der Waals surface area (Å²) >= 11 is 0. The predicted molar refractivity (Wildman–Crippen MR) is 75.1 cm³/mol. The number of aliphatic hydroxyl groups excluding tert-OH is 1. The highest BCUT2D eigenvalue weighted by Gasteiger charge is 2.17. The average Bonchev–Trinajstić information content (AvgIpc) is 2.82. The van der Waals surface area contributed by atoms with Crippen molar-refractivity contribution in [2.45, 2.75) is 32.8 Å². The Morgan fingerprint density at radius 1 is 1.25 bits per heavy atom. The normalized spacial score (nSPS) is 11.6. The molecule has 5 heteroatoms. The Balaban J connectivity index is 2.39. The number of hydrogen-bond donors (Lipinski definition) is 2. The van der Waals surface area contributed by atoms with Gasteiger partial charge in [0.25, 0.3) is 0 Å². The Labute approximate surface area is 117 Å². The van der Waals surface area contributed by atoms with Crippen molar-refractivity contribution in [1.82, 2.24) is 9.78 Å². The van der Waals surface area contributed by atoms with Gasteiger partial charge in [-0.15, -0.1) is 0 Å². The number of aliphatic hydroxyl groups is 1. The second kappa shape index (κ2) is 5.09. The van der Waals surface area contributed by atoms with Gasteiger partial charge in [0, 0.05) is 11.8 Å². The average molecular weight is 274 g/mol. The van der Waals surface area contributed by atoms with E-state index in [1.54, 1.807) is 0 Å². The number of carboxylic acids is 1. The molecule has 0 bridgehead atoms. The zero-order valence-corrected chi connectivity index (χ0v) is 11.8. The highest BCUT2D eigenvalue weighted by atomic mass is 16.4. The first-order valence-electron chi connectivity index (χ1n) is 6.36. The van der Waals surface area contributed by atoms with E-state index in [1.165, 1.54) is 16.4 Å². The van der Waals surface area contributed by atoms with Crippen LogP contribution in [0.15, 0.2) is 30.5 Å². The lowest BCUT2D eigenvalue weighted by Crippen LogP contribution is -2.11. The van der Waals surface area contributed by atoms with Crippen molar-refractivity contribution in [3.63, 3.8) is 0 Å². The van der Waals surface area contributed by atoms with E-state index in [2.05, 4.69) is 25.9 Å². The Hall–Kier alpha value is -2.14. The molecule has 2 N–H and O–H groups in total.